The molecule has 0 aliphatic heterocycles. The number of esters is 1. The van der Waals surface area contributed by atoms with E-state index in [0.717, 1.165) is 6.42 Å². The molecule has 88 valence electrons. The Hall–Kier alpha value is -0.930. The van der Waals surface area contributed by atoms with Crippen LogP contribution in [0.2, 0.25) is 10.0 Å². The number of hydrogen-bond donors (Lipinski definition) is 1. The Balaban J connectivity index is 3.13. The number of anilines is 1. The average molecular weight is 262 g/mol. The first-order valence-corrected chi connectivity index (χ1v) is 5.65. The Bertz CT molecular complexity index is 419. The van der Waals surface area contributed by atoms with Crippen LogP contribution in [-0.2, 0) is 4.74 Å². The van der Waals surface area contributed by atoms with Crippen molar-refractivity contribution in [3.63, 3.8) is 0 Å². The Kier molecular flexibility index (Phi) is 4.44. The first kappa shape index (κ1) is 13.1. The van der Waals surface area contributed by atoms with Crippen LogP contribution in [0.1, 0.15) is 29.3 Å². The number of benzene rings is 1. The Labute approximate surface area is 104 Å². The van der Waals surface area contributed by atoms with Gasteiger partial charge in [0.25, 0.3) is 0 Å². The van der Waals surface area contributed by atoms with Crippen molar-refractivity contribution < 1.29 is 9.53 Å². The number of halogens is 2. The normalized spacial score (nSPS) is 10.2. The number of hydrogen-bond acceptors (Lipinski definition) is 3. The molecule has 1 aromatic carbocycles. The van der Waals surface area contributed by atoms with Gasteiger partial charge in [-0.1, -0.05) is 30.1 Å². The number of nitrogen functional groups attached to an aromatic ring is 1. The van der Waals surface area contributed by atoms with Crippen LogP contribution in [0.5, 0.6) is 0 Å². The number of nitrogens with two attached hydrogens (primary N) is 1. The highest BCUT2D eigenvalue weighted by Gasteiger charge is 2.19. The Morgan fingerprint density at radius 2 is 2.12 bits per heavy atom. The molecular weight excluding hydrogens is 249 g/mol. The predicted molar refractivity (Wildman–Crippen MR) is 66.2 cm³/mol. The van der Waals surface area contributed by atoms with Crippen LogP contribution in [0.4, 0.5) is 5.69 Å². The molecule has 3 nitrogen and oxygen atoms in total. The summed E-state index contributed by atoms with van der Waals surface area (Å²) in [4.78, 5) is 11.7. The number of carbonyl (C=O) groups excluding carboxylic acids is 1. The molecule has 0 bridgehead atoms. The zero-order valence-corrected chi connectivity index (χ0v) is 10.7. The van der Waals surface area contributed by atoms with E-state index in [1.807, 2.05) is 6.92 Å². The molecule has 0 atom stereocenters. The van der Waals surface area contributed by atoms with E-state index in [2.05, 4.69) is 0 Å². The lowest BCUT2D eigenvalue weighted by Crippen LogP contribution is -2.10. The fourth-order valence-corrected chi connectivity index (χ4v) is 1.76. The van der Waals surface area contributed by atoms with Crippen LogP contribution < -0.4 is 5.73 Å². The molecule has 0 saturated heterocycles. The van der Waals surface area contributed by atoms with E-state index in [1.54, 1.807) is 6.92 Å². The molecule has 2 N–H and O–H groups in total. The highest BCUT2D eigenvalue weighted by Crippen LogP contribution is 2.32. The van der Waals surface area contributed by atoms with Crippen LogP contribution in [0.15, 0.2) is 6.07 Å². The van der Waals surface area contributed by atoms with Crippen molar-refractivity contribution in [3.8, 4) is 0 Å². The van der Waals surface area contributed by atoms with Crippen LogP contribution in [0, 0.1) is 6.92 Å². The standard InChI is InChI=1S/C11H13Cl2NO2/c1-3-4-16-11(15)9-8(14)5-7(12)6(2)10(9)13/h5H,3-4,14H2,1-2H3. The molecule has 0 amide bonds. The number of ether oxygens (including phenoxy) is 1. The Morgan fingerprint density at radius 3 is 2.69 bits per heavy atom. The van der Waals surface area contributed by atoms with Gasteiger partial charge in [0.15, 0.2) is 0 Å². The van der Waals surface area contributed by atoms with Crippen LogP contribution >= 0.6 is 23.2 Å². The van der Waals surface area contributed by atoms with E-state index in [-0.39, 0.29) is 16.3 Å². The largest absolute Gasteiger partial charge is 0.462 e. The molecule has 1 rings (SSSR count). The molecular formula is C11H13Cl2NO2. The highest BCUT2D eigenvalue weighted by atomic mass is 35.5. The molecule has 0 radical (unpaired) electrons. The average Bonchev–Trinajstić information content (AvgIpc) is 2.23. The molecule has 0 spiro atoms. The minimum absolute atomic E-state index is 0.192. The van der Waals surface area contributed by atoms with E-state index < -0.39 is 5.97 Å². The third-order valence-corrected chi connectivity index (χ3v) is 2.98. The lowest BCUT2D eigenvalue weighted by Gasteiger charge is -2.11. The zero-order chi connectivity index (χ0) is 12.3. The molecule has 0 unspecified atom stereocenters. The summed E-state index contributed by atoms with van der Waals surface area (Å²) < 4.78 is 4.99. The predicted octanol–water partition coefficient (Wildman–Crippen LogP) is 3.45. The van der Waals surface area contributed by atoms with E-state index >= 15 is 0 Å². The van der Waals surface area contributed by atoms with Gasteiger partial charge >= 0.3 is 5.97 Å². The maximum absolute atomic E-state index is 11.7. The summed E-state index contributed by atoms with van der Waals surface area (Å²) in [6, 6.07) is 1.51. The number of rotatable bonds is 3. The zero-order valence-electron chi connectivity index (χ0n) is 9.14. The summed E-state index contributed by atoms with van der Waals surface area (Å²) in [6.45, 7) is 3.97. The summed E-state index contributed by atoms with van der Waals surface area (Å²) >= 11 is 11.9. The maximum Gasteiger partial charge on any atom is 0.341 e. The molecule has 16 heavy (non-hydrogen) atoms. The van der Waals surface area contributed by atoms with Crippen molar-refractivity contribution in [2.75, 3.05) is 12.3 Å². The van der Waals surface area contributed by atoms with Crippen LogP contribution in [0.3, 0.4) is 0 Å². The molecule has 0 saturated carbocycles. The molecule has 0 fully saturated rings. The van der Waals surface area contributed by atoms with Gasteiger partial charge in [-0.3, -0.25) is 0 Å². The highest BCUT2D eigenvalue weighted by molar-refractivity contribution is 6.38. The molecule has 0 heterocycles. The van der Waals surface area contributed by atoms with Crippen molar-refractivity contribution >= 4 is 34.9 Å². The third-order valence-electron chi connectivity index (χ3n) is 2.12. The Morgan fingerprint density at radius 1 is 1.50 bits per heavy atom. The monoisotopic (exact) mass is 261 g/mol. The van der Waals surface area contributed by atoms with Crippen LogP contribution in [-0.4, -0.2) is 12.6 Å². The van der Waals surface area contributed by atoms with Gasteiger partial charge in [-0.15, -0.1) is 0 Å². The fourth-order valence-electron chi connectivity index (χ4n) is 1.21. The van der Waals surface area contributed by atoms with E-state index in [1.165, 1.54) is 6.07 Å². The second kappa shape index (κ2) is 5.41. The van der Waals surface area contributed by atoms with Crippen molar-refractivity contribution in [2.45, 2.75) is 20.3 Å². The molecule has 1 aromatic rings. The van der Waals surface area contributed by atoms with Gasteiger partial charge in [0.2, 0.25) is 0 Å². The molecule has 5 heteroatoms. The van der Waals surface area contributed by atoms with Gasteiger partial charge in [0, 0.05) is 10.7 Å². The van der Waals surface area contributed by atoms with E-state index in [9.17, 15) is 4.79 Å². The SMILES string of the molecule is CCCOC(=O)c1c(N)cc(Cl)c(C)c1Cl. The summed E-state index contributed by atoms with van der Waals surface area (Å²) in [5.41, 5.74) is 6.75. The second-order valence-electron chi connectivity index (χ2n) is 3.40. The lowest BCUT2D eigenvalue weighted by molar-refractivity contribution is 0.0506. The summed E-state index contributed by atoms with van der Waals surface area (Å²) in [5.74, 6) is -0.510. The van der Waals surface area contributed by atoms with Gasteiger partial charge in [-0.25, -0.2) is 4.79 Å². The van der Waals surface area contributed by atoms with E-state index in [0.29, 0.717) is 17.2 Å². The van der Waals surface area contributed by atoms with Crippen molar-refractivity contribution in [1.82, 2.24) is 0 Å². The maximum atomic E-state index is 11.7. The van der Waals surface area contributed by atoms with Gasteiger partial charge in [0.1, 0.15) is 5.56 Å². The summed E-state index contributed by atoms with van der Waals surface area (Å²) in [5, 5.41) is 0.695. The smallest absolute Gasteiger partial charge is 0.341 e. The second-order valence-corrected chi connectivity index (χ2v) is 4.18. The van der Waals surface area contributed by atoms with Crippen LogP contribution in [0.25, 0.3) is 0 Å². The van der Waals surface area contributed by atoms with Gasteiger partial charge in [-0.05, 0) is 25.0 Å². The van der Waals surface area contributed by atoms with Crippen molar-refractivity contribution in [2.24, 2.45) is 0 Å². The van der Waals surface area contributed by atoms with Crippen molar-refractivity contribution in [3.05, 3.63) is 27.2 Å². The molecule has 0 aliphatic carbocycles. The third kappa shape index (κ3) is 2.60. The fraction of sp³-hybridized carbons (Fsp3) is 0.364. The van der Waals surface area contributed by atoms with E-state index in [4.69, 9.17) is 33.7 Å². The first-order chi connectivity index (χ1) is 7.49. The number of carbonyl (C=O) groups is 1. The minimum atomic E-state index is -0.510. The minimum Gasteiger partial charge on any atom is -0.462 e. The quantitative estimate of drug-likeness (QED) is 0.670. The topological polar surface area (TPSA) is 52.3 Å². The summed E-state index contributed by atoms with van der Waals surface area (Å²) in [7, 11) is 0. The van der Waals surface area contributed by atoms with Gasteiger partial charge < -0.3 is 10.5 Å². The molecule has 0 aromatic heterocycles. The lowest BCUT2D eigenvalue weighted by atomic mass is 10.1. The summed E-state index contributed by atoms with van der Waals surface area (Å²) in [6.07, 6.45) is 0.746. The van der Waals surface area contributed by atoms with Crippen molar-refractivity contribution in [1.29, 1.82) is 0 Å². The molecule has 0 aliphatic rings. The van der Waals surface area contributed by atoms with Gasteiger partial charge in [0.05, 0.1) is 11.6 Å². The first-order valence-electron chi connectivity index (χ1n) is 4.90. The van der Waals surface area contributed by atoms with Gasteiger partial charge in [-0.2, -0.15) is 0 Å².